The van der Waals surface area contributed by atoms with Gasteiger partial charge in [0.15, 0.2) is 5.13 Å². The number of nitrogens with zero attached hydrogens (tertiary/aromatic N) is 1. The van der Waals surface area contributed by atoms with Crippen molar-refractivity contribution in [2.24, 2.45) is 0 Å². The number of hydrogen-bond acceptors (Lipinski definition) is 5. The molecule has 150 valence electrons. The minimum Gasteiger partial charge on any atom is -0.312 e. The summed E-state index contributed by atoms with van der Waals surface area (Å²) >= 11 is 2.53. The third kappa shape index (κ3) is 4.42. The first kappa shape index (κ1) is 19.9. The molecule has 0 saturated carbocycles. The van der Waals surface area contributed by atoms with Crippen LogP contribution in [0.1, 0.15) is 20.7 Å². The molecule has 0 saturated heterocycles. The standard InChI is InChI=1S/C21H13F2N3O2S2/c22-14-7-3-12(4-8-14)18(27)25-20-17(16-2-1-11-29-16)24-21(30-20)26-19(28)13-5-9-15(23)10-6-13/h1-11H,(H,25,27)(H,24,26,28). The maximum Gasteiger partial charge on any atom is 0.257 e. The zero-order valence-electron chi connectivity index (χ0n) is 15.2. The fraction of sp³-hybridized carbons (Fsp3) is 0. The third-order valence-electron chi connectivity index (χ3n) is 4.04. The Labute approximate surface area is 178 Å². The monoisotopic (exact) mass is 441 g/mol. The molecule has 0 unspecified atom stereocenters. The van der Waals surface area contributed by atoms with Gasteiger partial charge in [0.25, 0.3) is 11.8 Å². The highest BCUT2D eigenvalue weighted by Crippen LogP contribution is 2.38. The fourth-order valence-corrected chi connectivity index (χ4v) is 4.24. The van der Waals surface area contributed by atoms with Gasteiger partial charge in [0.05, 0.1) is 4.88 Å². The summed E-state index contributed by atoms with van der Waals surface area (Å²) in [4.78, 5) is 30.2. The first-order valence-corrected chi connectivity index (χ1v) is 10.4. The number of aromatic nitrogens is 1. The average molecular weight is 441 g/mol. The van der Waals surface area contributed by atoms with Gasteiger partial charge in [0.2, 0.25) is 0 Å². The van der Waals surface area contributed by atoms with Crippen LogP contribution in [0.5, 0.6) is 0 Å². The van der Waals surface area contributed by atoms with E-state index < -0.39 is 23.4 Å². The van der Waals surface area contributed by atoms with Crippen LogP contribution in [-0.4, -0.2) is 16.8 Å². The van der Waals surface area contributed by atoms with E-state index in [2.05, 4.69) is 15.6 Å². The molecule has 0 aliphatic rings. The smallest absolute Gasteiger partial charge is 0.257 e. The van der Waals surface area contributed by atoms with Crippen LogP contribution in [0.15, 0.2) is 66.0 Å². The lowest BCUT2D eigenvalue weighted by Gasteiger charge is -2.04. The Bertz CT molecular complexity index is 1190. The molecule has 2 aromatic heterocycles. The Morgan fingerprint density at radius 2 is 1.37 bits per heavy atom. The van der Waals surface area contributed by atoms with E-state index in [-0.39, 0.29) is 10.7 Å². The first-order valence-electron chi connectivity index (χ1n) is 8.68. The van der Waals surface area contributed by atoms with Crippen molar-refractivity contribution in [2.45, 2.75) is 0 Å². The number of thiophene rings is 1. The predicted molar refractivity (Wildman–Crippen MR) is 114 cm³/mol. The normalized spacial score (nSPS) is 10.6. The molecule has 2 heterocycles. The molecule has 0 atom stereocenters. The van der Waals surface area contributed by atoms with Crippen LogP contribution in [0.3, 0.4) is 0 Å². The Morgan fingerprint density at radius 3 is 1.90 bits per heavy atom. The van der Waals surface area contributed by atoms with Crippen molar-refractivity contribution >= 4 is 44.6 Å². The molecule has 2 N–H and O–H groups in total. The van der Waals surface area contributed by atoms with Crippen molar-refractivity contribution in [1.82, 2.24) is 4.98 Å². The van der Waals surface area contributed by atoms with Gasteiger partial charge >= 0.3 is 0 Å². The summed E-state index contributed by atoms with van der Waals surface area (Å²) in [5.74, 6) is -1.74. The number of carbonyl (C=O) groups excluding carboxylic acids is 2. The fourth-order valence-electron chi connectivity index (χ4n) is 2.59. The van der Waals surface area contributed by atoms with Gasteiger partial charge in [-0.15, -0.1) is 11.3 Å². The molecule has 9 heteroatoms. The van der Waals surface area contributed by atoms with Gasteiger partial charge in [-0.25, -0.2) is 13.8 Å². The van der Waals surface area contributed by atoms with E-state index in [4.69, 9.17) is 0 Å². The predicted octanol–water partition coefficient (Wildman–Crippen LogP) is 5.65. The topological polar surface area (TPSA) is 71.1 Å². The summed E-state index contributed by atoms with van der Waals surface area (Å²) in [7, 11) is 0. The Balaban J connectivity index is 1.60. The summed E-state index contributed by atoms with van der Waals surface area (Å²) in [5.41, 5.74) is 1.08. The lowest BCUT2D eigenvalue weighted by molar-refractivity contribution is 0.101. The van der Waals surface area contributed by atoms with Crippen molar-refractivity contribution in [3.8, 4) is 10.6 Å². The third-order valence-corrected chi connectivity index (χ3v) is 5.80. The molecule has 5 nitrogen and oxygen atoms in total. The highest BCUT2D eigenvalue weighted by atomic mass is 32.1. The number of benzene rings is 2. The largest absolute Gasteiger partial charge is 0.312 e. The van der Waals surface area contributed by atoms with Gasteiger partial charge in [0, 0.05) is 11.1 Å². The molecule has 0 aliphatic carbocycles. The maximum atomic E-state index is 13.1. The van der Waals surface area contributed by atoms with Gasteiger partial charge in [-0.05, 0) is 60.0 Å². The van der Waals surface area contributed by atoms with Crippen LogP contribution in [0.25, 0.3) is 10.6 Å². The van der Waals surface area contributed by atoms with Crippen LogP contribution in [0.2, 0.25) is 0 Å². The van der Waals surface area contributed by atoms with Crippen LogP contribution < -0.4 is 10.6 Å². The molecule has 30 heavy (non-hydrogen) atoms. The van der Waals surface area contributed by atoms with Crippen molar-refractivity contribution in [2.75, 3.05) is 10.6 Å². The number of hydrogen-bond donors (Lipinski definition) is 2. The van der Waals surface area contributed by atoms with Gasteiger partial charge in [-0.1, -0.05) is 17.4 Å². The summed E-state index contributed by atoms with van der Waals surface area (Å²) in [5, 5.41) is 8.04. The van der Waals surface area contributed by atoms with Gasteiger partial charge in [-0.3, -0.25) is 14.9 Å². The number of rotatable bonds is 5. The number of amides is 2. The molecular weight excluding hydrogens is 428 g/mol. The molecule has 0 fully saturated rings. The van der Waals surface area contributed by atoms with Crippen LogP contribution in [-0.2, 0) is 0 Å². The minimum absolute atomic E-state index is 0.279. The SMILES string of the molecule is O=C(Nc1nc(-c2cccs2)c(NC(=O)c2ccc(F)cc2)s1)c1ccc(F)cc1. The molecule has 0 spiro atoms. The van der Waals surface area contributed by atoms with Crippen molar-refractivity contribution < 1.29 is 18.4 Å². The summed E-state index contributed by atoms with van der Waals surface area (Å²) in [6, 6.07) is 14.0. The Kier molecular flexibility index (Phi) is 5.64. The number of thiazole rings is 1. The summed E-state index contributed by atoms with van der Waals surface area (Å²) < 4.78 is 26.2. The van der Waals surface area contributed by atoms with E-state index in [1.165, 1.54) is 59.9 Å². The van der Waals surface area contributed by atoms with Crippen LogP contribution in [0, 0.1) is 11.6 Å². The molecule has 2 aromatic carbocycles. The Morgan fingerprint density at radius 1 is 0.800 bits per heavy atom. The van der Waals surface area contributed by atoms with E-state index in [0.717, 1.165) is 16.2 Å². The molecular formula is C21H13F2N3O2S2. The van der Waals surface area contributed by atoms with Gasteiger partial charge in [0.1, 0.15) is 22.3 Å². The maximum absolute atomic E-state index is 13.1. The number of halogens is 2. The van der Waals surface area contributed by atoms with E-state index >= 15 is 0 Å². The second-order valence-electron chi connectivity index (χ2n) is 6.10. The number of anilines is 2. The number of nitrogens with one attached hydrogen (secondary N) is 2. The molecule has 0 radical (unpaired) electrons. The first-order chi connectivity index (χ1) is 14.5. The van der Waals surface area contributed by atoms with Crippen LogP contribution >= 0.6 is 22.7 Å². The zero-order valence-corrected chi connectivity index (χ0v) is 16.8. The van der Waals surface area contributed by atoms with E-state index in [1.807, 2.05) is 17.5 Å². The zero-order chi connectivity index (χ0) is 21.1. The second kappa shape index (κ2) is 8.52. The van der Waals surface area contributed by atoms with Crippen LogP contribution in [0.4, 0.5) is 18.9 Å². The van der Waals surface area contributed by atoms with Crippen molar-refractivity contribution in [3.05, 3.63) is 88.8 Å². The average Bonchev–Trinajstić information content (AvgIpc) is 3.39. The highest BCUT2D eigenvalue weighted by Gasteiger charge is 2.19. The van der Waals surface area contributed by atoms with E-state index in [1.54, 1.807) is 0 Å². The molecule has 0 bridgehead atoms. The van der Waals surface area contributed by atoms with Gasteiger partial charge in [-0.2, -0.15) is 0 Å². The molecule has 2 amide bonds. The quantitative estimate of drug-likeness (QED) is 0.420. The molecule has 4 aromatic rings. The van der Waals surface area contributed by atoms with Crippen molar-refractivity contribution in [1.29, 1.82) is 0 Å². The minimum atomic E-state index is -0.446. The summed E-state index contributed by atoms with van der Waals surface area (Å²) in [6.45, 7) is 0. The van der Waals surface area contributed by atoms with Gasteiger partial charge < -0.3 is 5.32 Å². The molecule has 4 rings (SSSR count). The lowest BCUT2D eigenvalue weighted by atomic mass is 10.2. The lowest BCUT2D eigenvalue weighted by Crippen LogP contribution is -2.11. The van der Waals surface area contributed by atoms with E-state index in [9.17, 15) is 18.4 Å². The molecule has 0 aliphatic heterocycles. The van der Waals surface area contributed by atoms with E-state index in [0.29, 0.717) is 16.3 Å². The highest BCUT2D eigenvalue weighted by molar-refractivity contribution is 7.21. The number of carbonyl (C=O) groups is 2. The second-order valence-corrected chi connectivity index (χ2v) is 8.04. The Hall–Kier alpha value is -3.43. The summed E-state index contributed by atoms with van der Waals surface area (Å²) in [6.07, 6.45) is 0. The van der Waals surface area contributed by atoms with Crippen molar-refractivity contribution in [3.63, 3.8) is 0 Å².